The Morgan fingerprint density at radius 2 is 2.10 bits per heavy atom. The van der Waals surface area contributed by atoms with E-state index < -0.39 is 0 Å². The first-order chi connectivity index (χ1) is 9.78. The first-order valence-corrected chi connectivity index (χ1v) is 7.00. The molecule has 1 saturated heterocycles. The topological polar surface area (TPSA) is 59.9 Å². The van der Waals surface area contributed by atoms with Crippen LogP contribution in [0.5, 0.6) is 0 Å². The molecular weight excluding hydrogens is 250 g/mol. The number of piperidine rings is 1. The van der Waals surface area contributed by atoms with Crippen LogP contribution in [0.2, 0.25) is 0 Å². The van der Waals surface area contributed by atoms with Gasteiger partial charge >= 0.3 is 0 Å². The summed E-state index contributed by atoms with van der Waals surface area (Å²) in [5, 5.41) is 10.0. The van der Waals surface area contributed by atoms with Crippen LogP contribution < -0.4 is 0 Å². The number of benzene rings is 1. The van der Waals surface area contributed by atoms with Crippen LogP contribution in [0, 0.1) is 17.2 Å². The Hall–Kier alpha value is -2.28. The van der Waals surface area contributed by atoms with E-state index >= 15 is 0 Å². The van der Waals surface area contributed by atoms with Gasteiger partial charge in [0, 0.05) is 36.1 Å². The third kappa shape index (κ3) is 2.39. The van der Waals surface area contributed by atoms with E-state index in [1.54, 1.807) is 0 Å². The van der Waals surface area contributed by atoms with Crippen molar-refractivity contribution >= 4 is 16.8 Å². The zero-order chi connectivity index (χ0) is 13.9. The van der Waals surface area contributed by atoms with Crippen molar-refractivity contribution in [1.82, 2.24) is 9.88 Å². The van der Waals surface area contributed by atoms with E-state index in [9.17, 15) is 4.79 Å². The molecule has 1 amide bonds. The number of aromatic nitrogens is 1. The number of para-hydroxylation sites is 1. The summed E-state index contributed by atoms with van der Waals surface area (Å²) < 4.78 is 0. The number of carbonyl (C=O) groups excluding carboxylic acids is 1. The summed E-state index contributed by atoms with van der Waals surface area (Å²) in [4.78, 5) is 17.4. The largest absolute Gasteiger partial charge is 0.361 e. The molecule has 2 aromatic rings. The van der Waals surface area contributed by atoms with E-state index in [1.165, 1.54) is 0 Å². The average molecular weight is 267 g/mol. The van der Waals surface area contributed by atoms with Gasteiger partial charge < -0.3 is 9.88 Å². The van der Waals surface area contributed by atoms with Gasteiger partial charge in [-0.15, -0.1) is 0 Å². The number of nitrogens with one attached hydrogen (secondary N) is 1. The molecule has 0 bridgehead atoms. The fraction of sp³-hybridized carbons (Fsp3) is 0.375. The van der Waals surface area contributed by atoms with Gasteiger partial charge in [-0.2, -0.15) is 5.26 Å². The van der Waals surface area contributed by atoms with E-state index in [4.69, 9.17) is 5.26 Å². The minimum Gasteiger partial charge on any atom is -0.361 e. The Kier molecular flexibility index (Phi) is 3.42. The molecule has 0 atom stereocenters. The molecule has 102 valence electrons. The van der Waals surface area contributed by atoms with Crippen LogP contribution in [0.3, 0.4) is 0 Å². The molecule has 4 heteroatoms. The third-order valence-corrected chi connectivity index (χ3v) is 4.05. The van der Waals surface area contributed by atoms with Gasteiger partial charge in [-0.1, -0.05) is 18.2 Å². The highest BCUT2D eigenvalue weighted by Gasteiger charge is 2.23. The van der Waals surface area contributed by atoms with Crippen LogP contribution in [0.15, 0.2) is 30.5 Å². The molecule has 0 aliphatic carbocycles. The lowest BCUT2D eigenvalue weighted by Gasteiger charge is -2.29. The number of rotatable bonds is 2. The van der Waals surface area contributed by atoms with Crippen molar-refractivity contribution in [3.05, 3.63) is 36.0 Å². The molecule has 1 aromatic heterocycles. The highest BCUT2D eigenvalue weighted by Crippen LogP contribution is 2.21. The molecule has 4 nitrogen and oxygen atoms in total. The summed E-state index contributed by atoms with van der Waals surface area (Å²) in [5.41, 5.74) is 2.12. The van der Waals surface area contributed by atoms with Crippen LogP contribution in [0.4, 0.5) is 0 Å². The standard InChI is InChI=1S/C16H17N3O/c17-10-12-5-7-19(8-6-12)16(20)9-13-11-18-15-4-2-1-3-14(13)15/h1-4,11-12,18H,5-9H2. The Bertz CT molecular complexity index is 660. The highest BCUT2D eigenvalue weighted by atomic mass is 16.2. The van der Waals surface area contributed by atoms with E-state index in [-0.39, 0.29) is 11.8 Å². The van der Waals surface area contributed by atoms with Crippen LogP contribution in [-0.4, -0.2) is 28.9 Å². The molecule has 2 heterocycles. The maximum atomic E-state index is 12.3. The first-order valence-electron chi connectivity index (χ1n) is 7.00. The van der Waals surface area contributed by atoms with Gasteiger partial charge in [0.05, 0.1) is 12.5 Å². The molecule has 0 saturated carbocycles. The van der Waals surface area contributed by atoms with Crippen LogP contribution in [-0.2, 0) is 11.2 Å². The Labute approximate surface area is 118 Å². The summed E-state index contributed by atoms with van der Waals surface area (Å²) in [6.07, 6.45) is 3.96. The Morgan fingerprint density at radius 1 is 1.35 bits per heavy atom. The smallest absolute Gasteiger partial charge is 0.227 e. The van der Waals surface area contributed by atoms with Crippen molar-refractivity contribution in [3.63, 3.8) is 0 Å². The van der Waals surface area contributed by atoms with Gasteiger partial charge in [0.1, 0.15) is 0 Å². The predicted octanol–water partition coefficient (Wildman–Crippen LogP) is 2.47. The predicted molar refractivity (Wildman–Crippen MR) is 76.9 cm³/mol. The van der Waals surface area contributed by atoms with Gasteiger partial charge in [-0.25, -0.2) is 0 Å². The second kappa shape index (κ2) is 5.38. The van der Waals surface area contributed by atoms with E-state index in [2.05, 4.69) is 11.1 Å². The molecule has 1 aromatic carbocycles. The van der Waals surface area contributed by atoms with Gasteiger partial charge in [0.25, 0.3) is 0 Å². The Balaban J connectivity index is 1.69. The number of nitrogens with zero attached hydrogens (tertiary/aromatic N) is 2. The van der Waals surface area contributed by atoms with Crippen LogP contribution >= 0.6 is 0 Å². The number of hydrogen-bond acceptors (Lipinski definition) is 2. The minimum atomic E-state index is 0.118. The normalized spacial score (nSPS) is 16.2. The molecule has 1 N–H and O–H groups in total. The molecule has 0 unspecified atom stereocenters. The molecule has 0 radical (unpaired) electrons. The number of hydrogen-bond donors (Lipinski definition) is 1. The number of carbonyl (C=O) groups is 1. The lowest BCUT2D eigenvalue weighted by molar-refractivity contribution is -0.131. The minimum absolute atomic E-state index is 0.118. The Morgan fingerprint density at radius 3 is 2.85 bits per heavy atom. The summed E-state index contributed by atoms with van der Waals surface area (Å²) >= 11 is 0. The maximum absolute atomic E-state index is 12.3. The van der Waals surface area contributed by atoms with Crippen molar-refractivity contribution in [2.45, 2.75) is 19.3 Å². The number of aromatic amines is 1. The van der Waals surface area contributed by atoms with Crippen molar-refractivity contribution in [2.75, 3.05) is 13.1 Å². The summed E-state index contributed by atoms with van der Waals surface area (Å²) in [7, 11) is 0. The highest BCUT2D eigenvalue weighted by molar-refractivity contribution is 5.88. The van der Waals surface area contributed by atoms with Crippen molar-refractivity contribution in [1.29, 1.82) is 5.26 Å². The maximum Gasteiger partial charge on any atom is 0.227 e. The summed E-state index contributed by atoms with van der Waals surface area (Å²) in [6.45, 7) is 1.42. The van der Waals surface area contributed by atoms with Crippen LogP contribution in [0.25, 0.3) is 10.9 Å². The van der Waals surface area contributed by atoms with E-state index in [0.29, 0.717) is 19.5 Å². The van der Waals surface area contributed by atoms with Crippen molar-refractivity contribution < 1.29 is 4.79 Å². The SMILES string of the molecule is N#CC1CCN(C(=O)Cc2c[nH]c3ccccc23)CC1. The first kappa shape index (κ1) is 12.7. The van der Waals surface area contributed by atoms with Crippen LogP contribution in [0.1, 0.15) is 18.4 Å². The molecule has 3 rings (SSSR count). The molecule has 1 aliphatic rings. The number of likely N-dealkylation sites (tertiary alicyclic amines) is 1. The number of nitriles is 1. The zero-order valence-electron chi connectivity index (χ0n) is 11.3. The second-order valence-corrected chi connectivity index (χ2v) is 5.32. The van der Waals surface area contributed by atoms with Gasteiger partial charge in [-0.3, -0.25) is 4.79 Å². The fourth-order valence-corrected chi connectivity index (χ4v) is 2.81. The monoisotopic (exact) mass is 267 g/mol. The number of amides is 1. The van der Waals surface area contributed by atoms with Crippen molar-refractivity contribution in [3.8, 4) is 6.07 Å². The lowest BCUT2D eigenvalue weighted by Crippen LogP contribution is -2.39. The quantitative estimate of drug-likeness (QED) is 0.908. The third-order valence-electron chi connectivity index (χ3n) is 4.05. The average Bonchev–Trinajstić information content (AvgIpc) is 2.91. The summed E-state index contributed by atoms with van der Waals surface area (Å²) in [5.74, 6) is 0.276. The molecule has 1 fully saturated rings. The van der Waals surface area contributed by atoms with E-state index in [0.717, 1.165) is 29.3 Å². The molecule has 0 spiro atoms. The number of fused-ring (bicyclic) bond motifs is 1. The van der Waals surface area contributed by atoms with Gasteiger partial charge in [0.2, 0.25) is 5.91 Å². The van der Waals surface area contributed by atoms with Gasteiger partial charge in [-0.05, 0) is 24.5 Å². The number of H-pyrrole nitrogens is 1. The fourth-order valence-electron chi connectivity index (χ4n) is 2.81. The van der Waals surface area contributed by atoms with E-state index in [1.807, 2.05) is 35.4 Å². The zero-order valence-corrected chi connectivity index (χ0v) is 11.3. The second-order valence-electron chi connectivity index (χ2n) is 5.32. The summed E-state index contributed by atoms with van der Waals surface area (Å²) in [6, 6.07) is 10.3. The lowest BCUT2D eigenvalue weighted by atomic mass is 9.98. The van der Waals surface area contributed by atoms with Crippen molar-refractivity contribution in [2.24, 2.45) is 5.92 Å². The molecule has 1 aliphatic heterocycles. The molecule has 20 heavy (non-hydrogen) atoms. The van der Waals surface area contributed by atoms with Gasteiger partial charge in [0.15, 0.2) is 0 Å². The molecular formula is C16H17N3O.